The molecule has 0 atom stereocenters. The first kappa shape index (κ1) is 27.2. The fourth-order valence-electron chi connectivity index (χ4n) is 3.73. The summed E-state index contributed by atoms with van der Waals surface area (Å²) in [5.41, 5.74) is 2.18. The Labute approximate surface area is 190 Å². The Morgan fingerprint density at radius 3 is 1.77 bits per heavy atom. The average molecular weight is 451 g/mol. The van der Waals surface area contributed by atoms with E-state index < -0.39 is 8.32 Å². The molecule has 5 nitrogen and oxygen atoms in total. The van der Waals surface area contributed by atoms with Crippen LogP contribution in [-0.4, -0.2) is 34.5 Å². The van der Waals surface area contributed by atoms with Crippen molar-refractivity contribution in [3.8, 4) is 5.75 Å². The van der Waals surface area contributed by atoms with Crippen LogP contribution in [0.2, 0.25) is 19.6 Å². The lowest BCUT2D eigenvalue weighted by molar-refractivity contribution is -0.141. The van der Waals surface area contributed by atoms with Gasteiger partial charge in [0.05, 0.1) is 14.2 Å². The Morgan fingerprint density at radius 1 is 0.839 bits per heavy atom. The van der Waals surface area contributed by atoms with Gasteiger partial charge in [-0.25, -0.2) is 0 Å². The summed E-state index contributed by atoms with van der Waals surface area (Å²) in [4.78, 5) is 23.1. The number of hydrogen-bond donors (Lipinski definition) is 0. The van der Waals surface area contributed by atoms with Gasteiger partial charge in [0.1, 0.15) is 5.75 Å². The predicted octanol–water partition coefficient (Wildman–Crippen LogP) is 6.14. The molecule has 1 aromatic carbocycles. The third-order valence-corrected chi connectivity index (χ3v) is 6.56. The molecule has 0 bridgehead atoms. The Hall–Kier alpha value is -1.82. The molecule has 0 aromatic heterocycles. The van der Waals surface area contributed by atoms with Crippen molar-refractivity contribution in [3.63, 3.8) is 0 Å². The third-order valence-electron chi connectivity index (χ3n) is 5.73. The highest BCUT2D eigenvalue weighted by atomic mass is 28.4. The van der Waals surface area contributed by atoms with Crippen LogP contribution >= 0.6 is 0 Å². The quantitative estimate of drug-likeness (QED) is 0.283. The maximum Gasteiger partial charge on any atom is 0.305 e. The zero-order valence-corrected chi connectivity index (χ0v) is 22.0. The van der Waals surface area contributed by atoms with Crippen molar-refractivity contribution < 1.29 is 23.5 Å². The molecule has 0 aliphatic rings. The first-order valence-corrected chi connectivity index (χ1v) is 14.6. The molecule has 0 aliphatic heterocycles. The van der Waals surface area contributed by atoms with E-state index in [1.807, 2.05) is 0 Å². The number of methoxy groups -OCH3 is 2. The van der Waals surface area contributed by atoms with Gasteiger partial charge in [-0.1, -0.05) is 39.8 Å². The van der Waals surface area contributed by atoms with Gasteiger partial charge >= 0.3 is 11.9 Å². The van der Waals surface area contributed by atoms with Gasteiger partial charge in [0.2, 0.25) is 8.32 Å². The summed E-state index contributed by atoms with van der Waals surface area (Å²) >= 11 is 0. The monoisotopic (exact) mass is 450 g/mol. The van der Waals surface area contributed by atoms with E-state index in [2.05, 4.69) is 65.5 Å². The molecule has 0 fully saturated rings. The number of hydrogen-bond acceptors (Lipinski definition) is 5. The molecule has 6 heteroatoms. The highest BCUT2D eigenvalue weighted by molar-refractivity contribution is 6.70. The number of rotatable bonds is 12. The molecule has 0 spiro atoms. The Morgan fingerprint density at radius 2 is 1.32 bits per heavy atom. The van der Waals surface area contributed by atoms with Crippen molar-refractivity contribution in [2.24, 2.45) is 0 Å². The Balaban J connectivity index is 3.19. The van der Waals surface area contributed by atoms with Crippen LogP contribution in [0.4, 0.5) is 0 Å². The Bertz CT molecular complexity index is 747. The van der Waals surface area contributed by atoms with E-state index in [1.165, 1.54) is 25.3 Å². The number of benzene rings is 1. The summed E-state index contributed by atoms with van der Waals surface area (Å²) in [5.74, 6) is 0.605. The van der Waals surface area contributed by atoms with Crippen LogP contribution in [-0.2, 0) is 29.9 Å². The van der Waals surface area contributed by atoms with E-state index in [0.29, 0.717) is 12.8 Å². The lowest BCUT2D eigenvalue weighted by Gasteiger charge is -2.33. The van der Waals surface area contributed by atoms with E-state index in [1.54, 1.807) is 0 Å². The van der Waals surface area contributed by atoms with Crippen LogP contribution in [0.3, 0.4) is 0 Å². The zero-order chi connectivity index (χ0) is 23.9. The Kier molecular flexibility index (Phi) is 9.80. The van der Waals surface area contributed by atoms with Gasteiger partial charge in [-0.15, -0.1) is 0 Å². The van der Waals surface area contributed by atoms with Crippen molar-refractivity contribution in [2.45, 2.75) is 96.7 Å². The minimum absolute atomic E-state index is 0.0808. The highest BCUT2D eigenvalue weighted by Gasteiger charge is 2.30. The van der Waals surface area contributed by atoms with E-state index in [4.69, 9.17) is 13.9 Å². The second-order valence-corrected chi connectivity index (χ2v) is 15.0. The summed E-state index contributed by atoms with van der Waals surface area (Å²) < 4.78 is 16.0. The van der Waals surface area contributed by atoms with Gasteiger partial charge < -0.3 is 13.9 Å². The van der Waals surface area contributed by atoms with E-state index in [9.17, 15) is 9.59 Å². The minimum Gasteiger partial charge on any atom is -0.544 e. The molecule has 176 valence electrons. The lowest BCUT2D eigenvalue weighted by Crippen LogP contribution is -2.31. The first-order valence-electron chi connectivity index (χ1n) is 11.2. The molecular formula is C25H42O5Si. The minimum atomic E-state index is -1.79. The number of esters is 2. The maximum atomic E-state index is 11.6. The number of carbonyl (C=O) groups excluding carboxylic acids is 2. The second kappa shape index (κ2) is 11.2. The molecule has 0 saturated carbocycles. The van der Waals surface area contributed by atoms with Crippen LogP contribution in [0, 0.1) is 0 Å². The SMILES string of the molecule is COC(=O)CCCC(C)(C)c1ccc(O[Si](C)(C)C)c(C(C)(C)CCCC(=O)OC)c1. The molecule has 0 saturated heterocycles. The van der Waals surface area contributed by atoms with Crippen molar-refractivity contribution in [1.29, 1.82) is 0 Å². The van der Waals surface area contributed by atoms with E-state index in [0.717, 1.165) is 31.4 Å². The van der Waals surface area contributed by atoms with Gasteiger partial charge in [-0.05, 0) is 73.3 Å². The number of ether oxygens (including phenoxy) is 2. The first-order chi connectivity index (χ1) is 14.2. The molecule has 0 N–H and O–H groups in total. The number of carbonyl (C=O) groups is 2. The maximum absolute atomic E-state index is 11.6. The standard InChI is InChI=1S/C25H42O5Si/c1-24(2,16-10-12-22(26)28-5)19-14-15-21(30-31(7,8)9)20(18-19)25(3,4)17-11-13-23(27)29-6/h14-15,18H,10-13,16-17H2,1-9H3. The fraction of sp³-hybridized carbons (Fsp3) is 0.680. The van der Waals surface area contributed by atoms with Crippen molar-refractivity contribution in [2.75, 3.05) is 14.2 Å². The molecule has 0 amide bonds. The summed E-state index contributed by atoms with van der Waals surface area (Å²) in [6.45, 7) is 15.4. The predicted molar refractivity (Wildman–Crippen MR) is 128 cm³/mol. The average Bonchev–Trinajstić information content (AvgIpc) is 2.66. The summed E-state index contributed by atoms with van der Waals surface area (Å²) in [6.07, 6.45) is 4.14. The largest absolute Gasteiger partial charge is 0.544 e. The lowest BCUT2D eigenvalue weighted by atomic mass is 9.74. The van der Waals surface area contributed by atoms with Gasteiger partial charge in [0.25, 0.3) is 0 Å². The van der Waals surface area contributed by atoms with Crippen LogP contribution < -0.4 is 4.43 Å². The molecule has 0 radical (unpaired) electrons. The second-order valence-electron chi connectivity index (χ2n) is 10.6. The molecule has 31 heavy (non-hydrogen) atoms. The molecule has 1 aromatic rings. The van der Waals surface area contributed by atoms with Gasteiger partial charge in [0, 0.05) is 12.8 Å². The highest BCUT2D eigenvalue weighted by Crippen LogP contribution is 2.40. The van der Waals surface area contributed by atoms with Crippen molar-refractivity contribution in [3.05, 3.63) is 29.3 Å². The van der Waals surface area contributed by atoms with Gasteiger partial charge in [-0.3, -0.25) is 9.59 Å². The molecular weight excluding hydrogens is 408 g/mol. The van der Waals surface area contributed by atoms with E-state index in [-0.39, 0.29) is 22.8 Å². The van der Waals surface area contributed by atoms with Crippen LogP contribution in [0.25, 0.3) is 0 Å². The molecule has 0 heterocycles. The summed E-state index contributed by atoms with van der Waals surface area (Å²) in [6, 6.07) is 6.53. The molecule has 0 unspecified atom stereocenters. The fourth-order valence-corrected chi connectivity index (χ4v) is 4.57. The van der Waals surface area contributed by atoms with Gasteiger partial charge in [-0.2, -0.15) is 0 Å². The third kappa shape index (κ3) is 9.05. The molecule has 0 aliphatic carbocycles. The summed E-state index contributed by atoms with van der Waals surface area (Å²) in [5, 5.41) is 0. The zero-order valence-electron chi connectivity index (χ0n) is 21.0. The smallest absolute Gasteiger partial charge is 0.305 e. The van der Waals surface area contributed by atoms with Crippen LogP contribution in [0.15, 0.2) is 18.2 Å². The van der Waals surface area contributed by atoms with E-state index >= 15 is 0 Å². The van der Waals surface area contributed by atoms with Crippen molar-refractivity contribution in [1.82, 2.24) is 0 Å². The van der Waals surface area contributed by atoms with Crippen LogP contribution in [0.1, 0.15) is 77.3 Å². The summed E-state index contributed by atoms with van der Waals surface area (Å²) in [7, 11) is 1.07. The molecule has 1 rings (SSSR count). The normalized spacial score (nSPS) is 12.4. The van der Waals surface area contributed by atoms with Gasteiger partial charge in [0.15, 0.2) is 0 Å². The van der Waals surface area contributed by atoms with Crippen molar-refractivity contribution >= 4 is 20.3 Å². The topological polar surface area (TPSA) is 61.8 Å². The van der Waals surface area contributed by atoms with Crippen LogP contribution in [0.5, 0.6) is 5.75 Å².